The summed E-state index contributed by atoms with van der Waals surface area (Å²) in [6.07, 6.45) is 4.87. The molecule has 0 fully saturated rings. The topological polar surface area (TPSA) is 75.3 Å². The van der Waals surface area contributed by atoms with Gasteiger partial charge in [0.15, 0.2) is 0 Å². The molecule has 28 heavy (non-hydrogen) atoms. The zero-order chi connectivity index (χ0) is 19.7. The summed E-state index contributed by atoms with van der Waals surface area (Å²) < 4.78 is 13.5. The highest BCUT2D eigenvalue weighted by Gasteiger charge is 2.14. The molecule has 0 atom stereocenters. The van der Waals surface area contributed by atoms with E-state index in [4.69, 9.17) is 9.47 Å². The summed E-state index contributed by atoms with van der Waals surface area (Å²) in [6, 6.07) is 10.8. The van der Waals surface area contributed by atoms with Crippen LogP contribution in [0.15, 0.2) is 64.6 Å². The summed E-state index contributed by atoms with van der Waals surface area (Å²) in [7, 11) is 3.14. The molecule has 0 aliphatic heterocycles. The van der Waals surface area contributed by atoms with E-state index < -0.39 is 0 Å². The fraction of sp³-hybridized carbons (Fsp3) is 0.190. The van der Waals surface area contributed by atoms with Gasteiger partial charge < -0.3 is 14.0 Å². The van der Waals surface area contributed by atoms with Crippen LogP contribution in [0.2, 0.25) is 0 Å². The van der Waals surface area contributed by atoms with E-state index >= 15 is 0 Å². The Balaban J connectivity index is 2.00. The second-order valence-corrected chi connectivity index (χ2v) is 6.32. The molecular weight excluding hydrogens is 358 g/mol. The Hall–Kier alpha value is -3.45. The van der Waals surface area contributed by atoms with Crippen LogP contribution in [0.3, 0.4) is 0 Å². The van der Waals surface area contributed by atoms with Gasteiger partial charge in [0.25, 0.3) is 11.1 Å². The minimum absolute atomic E-state index is 0.193. The van der Waals surface area contributed by atoms with E-state index in [-0.39, 0.29) is 11.1 Å². The van der Waals surface area contributed by atoms with Gasteiger partial charge in [-0.1, -0.05) is 12.1 Å². The minimum Gasteiger partial charge on any atom is -0.495 e. The van der Waals surface area contributed by atoms with Crippen LogP contribution in [-0.2, 0) is 11.3 Å². The van der Waals surface area contributed by atoms with Crippen LogP contribution in [0.1, 0.15) is 0 Å². The van der Waals surface area contributed by atoms with E-state index in [0.717, 1.165) is 0 Å². The molecule has 0 saturated carbocycles. The highest BCUT2D eigenvalue weighted by Crippen LogP contribution is 2.23. The van der Waals surface area contributed by atoms with Crippen LogP contribution in [0, 0.1) is 0 Å². The van der Waals surface area contributed by atoms with Gasteiger partial charge in [0.1, 0.15) is 5.75 Å². The average molecular weight is 377 g/mol. The molecule has 0 saturated heterocycles. The Morgan fingerprint density at radius 1 is 0.964 bits per heavy atom. The highest BCUT2D eigenvalue weighted by molar-refractivity contribution is 6.04. The van der Waals surface area contributed by atoms with Crippen LogP contribution in [0.4, 0.5) is 0 Å². The van der Waals surface area contributed by atoms with Crippen molar-refractivity contribution in [3.05, 3.63) is 75.7 Å². The van der Waals surface area contributed by atoms with E-state index in [1.165, 1.54) is 10.8 Å². The van der Waals surface area contributed by atoms with Crippen molar-refractivity contribution in [1.29, 1.82) is 0 Å². The summed E-state index contributed by atoms with van der Waals surface area (Å²) in [5.41, 5.74) is 0.730. The quantitative estimate of drug-likeness (QED) is 0.499. The number of rotatable bonds is 5. The maximum absolute atomic E-state index is 13.1. The molecule has 0 unspecified atom stereocenters. The first kappa shape index (κ1) is 17.9. The van der Waals surface area contributed by atoms with Gasteiger partial charge in [-0.2, -0.15) is 0 Å². The van der Waals surface area contributed by atoms with Crippen molar-refractivity contribution >= 4 is 21.7 Å². The summed E-state index contributed by atoms with van der Waals surface area (Å²) in [4.78, 5) is 30.4. The molecule has 3 aromatic heterocycles. The molecule has 0 aliphatic carbocycles. The van der Waals surface area contributed by atoms with Crippen molar-refractivity contribution in [2.45, 2.75) is 6.54 Å². The van der Waals surface area contributed by atoms with Gasteiger partial charge in [0.05, 0.1) is 35.7 Å². The monoisotopic (exact) mass is 377 g/mol. The molecule has 0 bridgehead atoms. The fourth-order valence-corrected chi connectivity index (χ4v) is 3.34. The number of fused-ring (bicyclic) bond motifs is 3. The van der Waals surface area contributed by atoms with Crippen LogP contribution in [-0.4, -0.2) is 34.9 Å². The lowest BCUT2D eigenvalue weighted by Crippen LogP contribution is -2.23. The Morgan fingerprint density at radius 2 is 1.79 bits per heavy atom. The predicted octanol–water partition coefficient (Wildman–Crippen LogP) is 2.36. The van der Waals surface area contributed by atoms with Gasteiger partial charge >= 0.3 is 0 Å². The van der Waals surface area contributed by atoms with Gasteiger partial charge in [-0.25, -0.2) is 0 Å². The lowest BCUT2D eigenvalue weighted by atomic mass is 10.1. The third kappa shape index (κ3) is 2.86. The molecule has 3 heterocycles. The number of hydrogen-bond donors (Lipinski definition) is 0. The summed E-state index contributed by atoms with van der Waals surface area (Å²) in [5, 5.41) is 1.39. The average Bonchev–Trinajstić information content (AvgIpc) is 2.73. The SMILES string of the molecule is COCCn1ccc2ncc3c(=O)n(-c4ccccc4OC)ccc3c2c1=O. The van der Waals surface area contributed by atoms with Gasteiger partial charge in [-0.05, 0) is 24.3 Å². The van der Waals surface area contributed by atoms with Gasteiger partial charge in [0, 0.05) is 37.6 Å². The summed E-state index contributed by atoms with van der Waals surface area (Å²) in [5.74, 6) is 0.583. The number of para-hydroxylation sites is 2. The number of nitrogens with zero attached hydrogens (tertiary/aromatic N) is 3. The van der Waals surface area contributed by atoms with Gasteiger partial charge in [-0.3, -0.25) is 19.1 Å². The smallest absolute Gasteiger partial charge is 0.264 e. The zero-order valence-electron chi connectivity index (χ0n) is 15.6. The normalized spacial score (nSPS) is 11.2. The molecule has 7 nitrogen and oxygen atoms in total. The van der Waals surface area contributed by atoms with Crippen LogP contribution in [0.25, 0.3) is 27.4 Å². The molecule has 0 N–H and O–H groups in total. The molecule has 4 aromatic rings. The van der Waals surface area contributed by atoms with Crippen molar-refractivity contribution in [2.24, 2.45) is 0 Å². The van der Waals surface area contributed by atoms with E-state index in [9.17, 15) is 9.59 Å². The molecule has 0 aliphatic rings. The first-order chi connectivity index (χ1) is 13.7. The van der Waals surface area contributed by atoms with Gasteiger partial charge in [-0.15, -0.1) is 0 Å². The minimum atomic E-state index is -0.261. The Kier molecular flexibility index (Phi) is 4.67. The molecule has 4 rings (SSSR count). The number of hydrogen-bond acceptors (Lipinski definition) is 5. The highest BCUT2D eigenvalue weighted by atomic mass is 16.5. The number of methoxy groups -OCH3 is 2. The van der Waals surface area contributed by atoms with Crippen molar-refractivity contribution in [2.75, 3.05) is 20.8 Å². The molecule has 142 valence electrons. The van der Waals surface area contributed by atoms with E-state index in [1.807, 2.05) is 12.1 Å². The number of ether oxygens (including phenoxy) is 2. The van der Waals surface area contributed by atoms with E-state index in [2.05, 4.69) is 4.98 Å². The van der Waals surface area contributed by atoms with Gasteiger partial charge in [0.2, 0.25) is 0 Å². The van der Waals surface area contributed by atoms with Crippen LogP contribution >= 0.6 is 0 Å². The molecule has 0 amide bonds. The largest absolute Gasteiger partial charge is 0.495 e. The Bertz CT molecular complexity index is 1290. The Labute approximate surface area is 160 Å². The second kappa shape index (κ2) is 7.28. The lowest BCUT2D eigenvalue weighted by molar-refractivity contribution is 0.186. The number of pyridine rings is 3. The third-order valence-corrected chi connectivity index (χ3v) is 4.76. The maximum Gasteiger partial charge on any atom is 0.264 e. The van der Waals surface area contributed by atoms with Crippen LogP contribution < -0.4 is 15.9 Å². The fourth-order valence-electron chi connectivity index (χ4n) is 3.34. The van der Waals surface area contributed by atoms with Crippen LogP contribution in [0.5, 0.6) is 5.75 Å². The van der Waals surface area contributed by atoms with E-state index in [1.54, 1.807) is 55.4 Å². The summed E-state index contributed by atoms with van der Waals surface area (Å²) in [6.45, 7) is 0.851. The molecule has 0 radical (unpaired) electrons. The second-order valence-electron chi connectivity index (χ2n) is 6.32. The first-order valence-electron chi connectivity index (χ1n) is 8.81. The van der Waals surface area contributed by atoms with Crippen molar-refractivity contribution in [3.8, 4) is 11.4 Å². The van der Waals surface area contributed by atoms with E-state index in [0.29, 0.717) is 46.3 Å². The Morgan fingerprint density at radius 3 is 2.57 bits per heavy atom. The maximum atomic E-state index is 13.1. The number of aromatic nitrogens is 3. The molecule has 7 heteroatoms. The number of benzene rings is 1. The predicted molar refractivity (Wildman–Crippen MR) is 108 cm³/mol. The molecule has 1 aromatic carbocycles. The molecule has 0 spiro atoms. The molecular formula is C21H19N3O4. The summed E-state index contributed by atoms with van der Waals surface area (Å²) >= 11 is 0. The lowest BCUT2D eigenvalue weighted by Gasteiger charge is -2.12. The van der Waals surface area contributed by atoms with Crippen molar-refractivity contribution in [1.82, 2.24) is 14.1 Å². The zero-order valence-corrected chi connectivity index (χ0v) is 15.6. The van der Waals surface area contributed by atoms with Crippen molar-refractivity contribution < 1.29 is 9.47 Å². The van der Waals surface area contributed by atoms with Crippen molar-refractivity contribution in [3.63, 3.8) is 0 Å². The first-order valence-corrected chi connectivity index (χ1v) is 8.81. The third-order valence-electron chi connectivity index (χ3n) is 4.76. The standard InChI is InChI=1S/C21H19N3O4/c1-27-12-11-23-9-8-16-19(21(23)26)14-7-10-24(20(25)15(14)13-22-16)17-5-3-4-6-18(17)28-2/h3-10,13H,11-12H2,1-2H3.